The first-order valence-electron chi connectivity index (χ1n) is 9.85. The molecule has 0 radical (unpaired) electrons. The molecule has 0 aromatic heterocycles. The van der Waals surface area contributed by atoms with Crippen molar-refractivity contribution in [2.45, 2.75) is 33.3 Å². The summed E-state index contributed by atoms with van der Waals surface area (Å²) in [5.41, 5.74) is 4.66. The van der Waals surface area contributed by atoms with E-state index >= 15 is 0 Å². The van der Waals surface area contributed by atoms with Crippen molar-refractivity contribution >= 4 is 5.69 Å². The van der Waals surface area contributed by atoms with Gasteiger partial charge in [-0.3, -0.25) is 0 Å². The Morgan fingerprint density at radius 2 is 1.57 bits per heavy atom. The van der Waals surface area contributed by atoms with Gasteiger partial charge in [0.1, 0.15) is 17.6 Å². The molecular weight excluding hydrogens is 346 g/mol. The molecule has 3 heteroatoms. The van der Waals surface area contributed by atoms with Crippen LogP contribution in [0.3, 0.4) is 0 Å². The van der Waals surface area contributed by atoms with Crippen molar-refractivity contribution in [1.29, 1.82) is 0 Å². The van der Waals surface area contributed by atoms with Gasteiger partial charge in [0.15, 0.2) is 0 Å². The first-order chi connectivity index (χ1) is 13.6. The van der Waals surface area contributed by atoms with Gasteiger partial charge >= 0.3 is 0 Å². The predicted molar refractivity (Wildman–Crippen MR) is 117 cm³/mol. The van der Waals surface area contributed by atoms with Crippen LogP contribution in [0.1, 0.15) is 23.6 Å². The number of hydrogen-bond donors (Lipinski definition) is 1. The summed E-state index contributed by atoms with van der Waals surface area (Å²) in [5, 5.41) is 3.45. The summed E-state index contributed by atoms with van der Waals surface area (Å²) in [6.07, 6.45) is 0.960. The minimum Gasteiger partial charge on any atom is -0.493 e. The zero-order chi connectivity index (χ0) is 19.8. The average molecular weight is 376 g/mol. The van der Waals surface area contributed by atoms with E-state index in [0.717, 1.165) is 30.2 Å². The number of anilines is 1. The van der Waals surface area contributed by atoms with Crippen LogP contribution in [0.5, 0.6) is 11.5 Å². The maximum atomic E-state index is 6.15. The summed E-state index contributed by atoms with van der Waals surface area (Å²) in [6.45, 7) is 7.64. The third-order valence-electron chi connectivity index (χ3n) is 4.66. The van der Waals surface area contributed by atoms with Crippen molar-refractivity contribution in [3.63, 3.8) is 0 Å². The lowest BCUT2D eigenvalue weighted by atomic mass is 10.1. The van der Waals surface area contributed by atoms with Crippen LogP contribution in [0, 0.1) is 13.8 Å². The second-order valence-electron chi connectivity index (χ2n) is 7.14. The van der Waals surface area contributed by atoms with Gasteiger partial charge in [-0.25, -0.2) is 0 Å². The summed E-state index contributed by atoms with van der Waals surface area (Å²) in [4.78, 5) is 0. The van der Waals surface area contributed by atoms with E-state index in [1.807, 2.05) is 24.3 Å². The first-order valence-corrected chi connectivity index (χ1v) is 9.85. The molecule has 0 aliphatic carbocycles. The van der Waals surface area contributed by atoms with Crippen LogP contribution in [-0.4, -0.2) is 19.3 Å². The van der Waals surface area contributed by atoms with E-state index < -0.39 is 0 Å². The number of aryl methyl sites for hydroxylation is 2. The van der Waals surface area contributed by atoms with E-state index in [-0.39, 0.29) is 6.10 Å². The molecule has 28 heavy (non-hydrogen) atoms. The quantitative estimate of drug-likeness (QED) is 0.512. The molecule has 0 saturated carbocycles. The van der Waals surface area contributed by atoms with Gasteiger partial charge in [0, 0.05) is 18.2 Å². The summed E-state index contributed by atoms with van der Waals surface area (Å²) >= 11 is 0. The Balaban J connectivity index is 1.48. The number of benzene rings is 3. The maximum Gasteiger partial charge on any atom is 0.125 e. The lowest BCUT2D eigenvalue weighted by Gasteiger charge is -2.19. The third-order valence-corrected chi connectivity index (χ3v) is 4.66. The van der Waals surface area contributed by atoms with Gasteiger partial charge in [-0.1, -0.05) is 54.6 Å². The van der Waals surface area contributed by atoms with Crippen molar-refractivity contribution < 1.29 is 9.47 Å². The number of rotatable bonds is 9. The smallest absolute Gasteiger partial charge is 0.125 e. The van der Waals surface area contributed by atoms with Crippen molar-refractivity contribution in [2.24, 2.45) is 0 Å². The number of hydrogen-bond acceptors (Lipinski definition) is 3. The van der Waals surface area contributed by atoms with E-state index in [1.165, 1.54) is 16.7 Å². The van der Waals surface area contributed by atoms with Gasteiger partial charge in [0.25, 0.3) is 0 Å². The minimum atomic E-state index is 0.0578. The fraction of sp³-hybridized carbons (Fsp3) is 0.280. The lowest BCUT2D eigenvalue weighted by molar-refractivity contribution is 0.231. The average Bonchev–Trinajstić information content (AvgIpc) is 2.70. The Morgan fingerprint density at radius 1 is 0.857 bits per heavy atom. The SMILES string of the molecule is Cc1cccc(C)c1O[C@H](C)CNc1cccc(OCCc2ccccc2)c1. The minimum absolute atomic E-state index is 0.0578. The second kappa shape index (κ2) is 9.84. The molecule has 3 aromatic rings. The Kier molecular flexibility index (Phi) is 6.96. The van der Waals surface area contributed by atoms with Gasteiger partial charge in [0.2, 0.25) is 0 Å². The molecule has 146 valence electrons. The van der Waals surface area contributed by atoms with Crippen LogP contribution in [0.25, 0.3) is 0 Å². The molecule has 0 heterocycles. The standard InChI is InChI=1S/C25H29NO2/c1-19-9-7-10-20(2)25(19)28-21(3)18-26-23-13-8-14-24(17-23)27-16-15-22-11-5-4-6-12-22/h4-14,17,21,26H,15-16,18H2,1-3H3/t21-/m1/s1. The predicted octanol–water partition coefficient (Wildman–Crippen LogP) is 5.80. The molecule has 3 rings (SSSR count). The van der Waals surface area contributed by atoms with Crippen LogP contribution < -0.4 is 14.8 Å². The van der Waals surface area contributed by atoms with Gasteiger partial charge in [-0.05, 0) is 49.6 Å². The first kappa shape index (κ1) is 19.8. The topological polar surface area (TPSA) is 30.5 Å². The fourth-order valence-corrected chi connectivity index (χ4v) is 3.12. The molecule has 1 atom stereocenters. The summed E-state index contributed by atoms with van der Waals surface area (Å²) in [7, 11) is 0. The lowest BCUT2D eigenvalue weighted by Crippen LogP contribution is -2.23. The van der Waals surface area contributed by atoms with Gasteiger partial charge < -0.3 is 14.8 Å². The Morgan fingerprint density at radius 3 is 2.32 bits per heavy atom. The highest BCUT2D eigenvalue weighted by Gasteiger charge is 2.09. The Hall–Kier alpha value is -2.94. The van der Waals surface area contributed by atoms with E-state index in [2.05, 4.69) is 74.6 Å². The summed E-state index contributed by atoms with van der Waals surface area (Å²) in [6, 6.07) is 24.7. The molecule has 0 saturated heterocycles. The van der Waals surface area contributed by atoms with Crippen LogP contribution in [0.15, 0.2) is 72.8 Å². The highest BCUT2D eigenvalue weighted by atomic mass is 16.5. The molecule has 0 unspecified atom stereocenters. The molecule has 0 bridgehead atoms. The normalized spacial score (nSPS) is 11.7. The van der Waals surface area contributed by atoms with Crippen molar-refractivity contribution in [1.82, 2.24) is 0 Å². The van der Waals surface area contributed by atoms with Crippen molar-refractivity contribution in [2.75, 3.05) is 18.5 Å². The maximum absolute atomic E-state index is 6.15. The van der Waals surface area contributed by atoms with Gasteiger partial charge in [-0.15, -0.1) is 0 Å². The third kappa shape index (κ3) is 5.78. The largest absolute Gasteiger partial charge is 0.493 e. The van der Waals surface area contributed by atoms with E-state index in [9.17, 15) is 0 Å². The number of ether oxygens (including phenoxy) is 2. The molecule has 3 aromatic carbocycles. The molecule has 0 fully saturated rings. The molecular formula is C25H29NO2. The zero-order valence-corrected chi connectivity index (χ0v) is 16.9. The number of nitrogens with one attached hydrogen (secondary N) is 1. The molecule has 0 amide bonds. The summed E-state index contributed by atoms with van der Waals surface area (Å²) < 4.78 is 12.1. The van der Waals surface area contributed by atoms with Crippen LogP contribution >= 0.6 is 0 Å². The molecule has 3 nitrogen and oxygen atoms in total. The van der Waals surface area contributed by atoms with Crippen molar-refractivity contribution in [3.8, 4) is 11.5 Å². The molecule has 0 aliphatic rings. The van der Waals surface area contributed by atoms with E-state index in [1.54, 1.807) is 0 Å². The number of para-hydroxylation sites is 1. The molecule has 1 N–H and O–H groups in total. The Bertz CT molecular complexity index is 856. The monoisotopic (exact) mass is 375 g/mol. The van der Waals surface area contributed by atoms with Crippen LogP contribution in [0.2, 0.25) is 0 Å². The van der Waals surface area contributed by atoms with Crippen LogP contribution in [-0.2, 0) is 6.42 Å². The molecule has 0 aliphatic heterocycles. The van der Waals surface area contributed by atoms with Crippen molar-refractivity contribution in [3.05, 3.63) is 89.5 Å². The zero-order valence-electron chi connectivity index (χ0n) is 16.9. The fourth-order valence-electron chi connectivity index (χ4n) is 3.12. The van der Waals surface area contributed by atoms with E-state index in [4.69, 9.17) is 9.47 Å². The Labute approximate surface area is 168 Å². The van der Waals surface area contributed by atoms with Crippen LogP contribution in [0.4, 0.5) is 5.69 Å². The highest BCUT2D eigenvalue weighted by Crippen LogP contribution is 2.24. The van der Waals surface area contributed by atoms with E-state index in [0.29, 0.717) is 6.61 Å². The van der Waals surface area contributed by atoms with Gasteiger partial charge in [-0.2, -0.15) is 0 Å². The van der Waals surface area contributed by atoms with Gasteiger partial charge in [0.05, 0.1) is 13.2 Å². The molecule has 0 spiro atoms. The second-order valence-corrected chi connectivity index (χ2v) is 7.14. The highest BCUT2D eigenvalue weighted by molar-refractivity contribution is 5.48. The summed E-state index contributed by atoms with van der Waals surface area (Å²) in [5.74, 6) is 1.86.